The zero-order valence-corrected chi connectivity index (χ0v) is 17.1. The Morgan fingerprint density at radius 1 is 1.11 bits per heavy atom. The summed E-state index contributed by atoms with van der Waals surface area (Å²) in [6, 6.07) is 0. The third-order valence-corrected chi connectivity index (χ3v) is 9.76. The zero-order valence-electron chi connectivity index (χ0n) is 17.1. The molecule has 4 aliphatic carbocycles. The van der Waals surface area contributed by atoms with E-state index in [1.807, 2.05) is 0 Å². The van der Waals surface area contributed by atoms with Crippen LogP contribution in [0.15, 0.2) is 0 Å². The Hall–Kier alpha value is -1.14. The van der Waals surface area contributed by atoms with Gasteiger partial charge in [-0.1, -0.05) is 13.8 Å². The maximum Gasteiger partial charge on any atom is 0.302 e. The van der Waals surface area contributed by atoms with E-state index in [0.29, 0.717) is 24.2 Å². The van der Waals surface area contributed by atoms with Gasteiger partial charge in [-0.25, -0.2) is 0 Å². The van der Waals surface area contributed by atoms with Crippen molar-refractivity contribution in [2.24, 2.45) is 40.2 Å². The van der Waals surface area contributed by atoms with Gasteiger partial charge in [-0.2, -0.15) is 0 Å². The van der Waals surface area contributed by atoms with Gasteiger partial charge in [0, 0.05) is 17.8 Å². The number of aliphatic hydroxyl groups excluding tert-OH is 1. The third kappa shape index (κ3) is 2.16. The minimum atomic E-state index is -0.768. The smallest absolute Gasteiger partial charge is 0.302 e. The van der Waals surface area contributed by atoms with E-state index in [0.717, 1.165) is 38.5 Å². The lowest BCUT2D eigenvalue weighted by Gasteiger charge is -2.60. The Morgan fingerprint density at radius 3 is 2.54 bits per heavy atom. The first-order valence-corrected chi connectivity index (χ1v) is 11.0. The quantitative estimate of drug-likeness (QED) is 0.555. The maximum absolute atomic E-state index is 12.0. The molecule has 6 heteroatoms. The molecule has 6 nitrogen and oxygen atoms in total. The van der Waals surface area contributed by atoms with Crippen molar-refractivity contribution in [1.82, 2.24) is 0 Å². The van der Waals surface area contributed by atoms with Crippen LogP contribution in [-0.2, 0) is 19.1 Å². The van der Waals surface area contributed by atoms with Crippen LogP contribution >= 0.6 is 0 Å². The average molecular weight is 392 g/mol. The van der Waals surface area contributed by atoms with Gasteiger partial charge in [-0.05, 0) is 62.7 Å². The van der Waals surface area contributed by atoms with E-state index in [-0.39, 0.29) is 34.6 Å². The number of amides is 1. The molecule has 0 aromatic carbocycles. The van der Waals surface area contributed by atoms with Gasteiger partial charge in [0.15, 0.2) is 0 Å². The number of aliphatic hydroxyl groups is 1. The molecule has 0 radical (unpaired) electrons. The lowest BCUT2D eigenvalue weighted by Crippen LogP contribution is -2.61. The van der Waals surface area contributed by atoms with E-state index in [4.69, 9.17) is 15.2 Å². The molecule has 28 heavy (non-hydrogen) atoms. The summed E-state index contributed by atoms with van der Waals surface area (Å²) in [5, 5.41) is 10.6. The molecule has 5 aliphatic rings. The second-order valence-electron chi connectivity index (χ2n) is 10.7. The summed E-state index contributed by atoms with van der Waals surface area (Å²) in [5.41, 5.74) is 5.30. The van der Waals surface area contributed by atoms with Gasteiger partial charge in [0.05, 0.1) is 12.0 Å². The summed E-state index contributed by atoms with van der Waals surface area (Å²) in [6.07, 6.45) is 5.83. The van der Waals surface area contributed by atoms with Gasteiger partial charge in [-0.15, -0.1) is 0 Å². The standard InChI is InChI=1S/C22H33NO5/c1-11(24)27-16-5-4-14-12-6-9-22-18(28-22)17(25)13(19(23)26)10-21(22,3)15(12)7-8-20(14,16)2/h12-18,25H,4-10H2,1-3H3,(H2,23,26)/t12?,13-,14?,15?,16-,17-,18+,20-,21+,22+/m0/s1. The third-order valence-electron chi connectivity index (χ3n) is 9.76. The highest BCUT2D eigenvalue weighted by atomic mass is 16.6. The SMILES string of the molecule is CC(=O)O[C@H]1CCC2C3CC[C@@]45O[C@@H]4[C@@H](O)[C@@H](C(N)=O)C[C@]5(C)C3CC[C@@]21C. The fraction of sp³-hybridized carbons (Fsp3) is 0.909. The number of fused-ring (bicyclic) bond motifs is 4. The van der Waals surface area contributed by atoms with Crippen LogP contribution in [0.25, 0.3) is 0 Å². The van der Waals surface area contributed by atoms with Crippen LogP contribution in [0.2, 0.25) is 0 Å². The highest BCUT2D eigenvalue weighted by molar-refractivity contribution is 5.78. The monoisotopic (exact) mass is 391 g/mol. The molecule has 1 heterocycles. The molecular weight excluding hydrogens is 358 g/mol. The second kappa shape index (κ2) is 5.72. The minimum absolute atomic E-state index is 0.0242. The van der Waals surface area contributed by atoms with Gasteiger partial charge >= 0.3 is 5.97 Å². The van der Waals surface area contributed by atoms with Crippen LogP contribution in [0, 0.1) is 34.5 Å². The summed E-state index contributed by atoms with van der Waals surface area (Å²) in [5.74, 6) is 0.467. The molecule has 3 unspecified atom stereocenters. The summed E-state index contributed by atoms with van der Waals surface area (Å²) in [7, 11) is 0. The molecule has 0 aromatic heterocycles. The number of primary amides is 1. The molecule has 5 fully saturated rings. The number of nitrogens with two attached hydrogens (primary N) is 1. The first-order valence-electron chi connectivity index (χ1n) is 11.0. The van der Waals surface area contributed by atoms with Crippen LogP contribution in [0.1, 0.15) is 65.7 Å². The van der Waals surface area contributed by atoms with Crippen LogP contribution in [-0.4, -0.2) is 40.9 Å². The van der Waals surface area contributed by atoms with E-state index in [2.05, 4.69) is 13.8 Å². The van der Waals surface area contributed by atoms with Crippen LogP contribution in [0.4, 0.5) is 0 Å². The van der Waals surface area contributed by atoms with Crippen molar-refractivity contribution in [3.63, 3.8) is 0 Å². The van der Waals surface area contributed by atoms with E-state index in [1.54, 1.807) is 0 Å². The van der Waals surface area contributed by atoms with Crippen molar-refractivity contribution in [2.45, 2.75) is 89.6 Å². The number of esters is 1. The van der Waals surface area contributed by atoms with Gasteiger partial charge in [0.1, 0.15) is 17.8 Å². The first-order chi connectivity index (χ1) is 13.1. The first kappa shape index (κ1) is 18.9. The Morgan fingerprint density at radius 2 is 1.86 bits per heavy atom. The molecule has 3 N–H and O–H groups in total. The van der Waals surface area contributed by atoms with E-state index < -0.39 is 17.9 Å². The number of rotatable bonds is 2. The van der Waals surface area contributed by atoms with Crippen molar-refractivity contribution >= 4 is 11.9 Å². The van der Waals surface area contributed by atoms with E-state index >= 15 is 0 Å². The van der Waals surface area contributed by atoms with Crippen LogP contribution in [0.5, 0.6) is 0 Å². The maximum atomic E-state index is 12.0. The molecule has 4 saturated carbocycles. The van der Waals surface area contributed by atoms with Crippen LogP contribution in [0.3, 0.4) is 0 Å². The Balaban J connectivity index is 1.45. The predicted octanol–water partition coefficient (Wildman–Crippen LogP) is 2.16. The molecule has 1 amide bonds. The van der Waals surface area contributed by atoms with Crippen molar-refractivity contribution in [3.8, 4) is 0 Å². The van der Waals surface area contributed by atoms with Crippen molar-refractivity contribution in [1.29, 1.82) is 0 Å². The molecule has 1 aliphatic heterocycles. The number of hydrogen-bond donors (Lipinski definition) is 2. The molecule has 1 saturated heterocycles. The number of ether oxygens (including phenoxy) is 2. The number of hydrogen-bond acceptors (Lipinski definition) is 5. The van der Waals surface area contributed by atoms with Crippen molar-refractivity contribution < 1.29 is 24.2 Å². The van der Waals surface area contributed by atoms with Gasteiger partial charge < -0.3 is 20.3 Å². The molecule has 0 bridgehead atoms. The Bertz CT molecular complexity index is 726. The molecule has 1 spiro atoms. The molecular formula is C22H33NO5. The normalized spacial score (nSPS) is 56.6. The largest absolute Gasteiger partial charge is 0.462 e. The molecule has 0 aromatic rings. The van der Waals surface area contributed by atoms with Gasteiger partial charge in [0.2, 0.25) is 5.91 Å². The molecule has 5 rings (SSSR count). The van der Waals surface area contributed by atoms with Crippen LogP contribution < -0.4 is 5.73 Å². The zero-order chi connectivity index (χ0) is 20.1. The summed E-state index contributed by atoms with van der Waals surface area (Å²) in [4.78, 5) is 23.7. The minimum Gasteiger partial charge on any atom is -0.462 e. The lowest BCUT2D eigenvalue weighted by atomic mass is 9.44. The summed E-state index contributed by atoms with van der Waals surface area (Å²) >= 11 is 0. The average Bonchev–Trinajstić information content (AvgIpc) is 3.28. The molecule has 156 valence electrons. The predicted molar refractivity (Wildman–Crippen MR) is 101 cm³/mol. The van der Waals surface area contributed by atoms with Crippen molar-refractivity contribution in [3.05, 3.63) is 0 Å². The lowest BCUT2D eigenvalue weighted by molar-refractivity contribution is -0.164. The topological polar surface area (TPSA) is 102 Å². The number of epoxide rings is 1. The fourth-order valence-corrected chi connectivity index (χ4v) is 8.39. The van der Waals surface area contributed by atoms with E-state index in [1.165, 1.54) is 6.92 Å². The second-order valence-corrected chi connectivity index (χ2v) is 10.7. The Kier molecular flexibility index (Phi) is 3.85. The van der Waals surface area contributed by atoms with E-state index in [9.17, 15) is 14.7 Å². The number of carbonyl (C=O) groups is 2. The fourth-order valence-electron chi connectivity index (χ4n) is 8.39. The summed E-state index contributed by atoms with van der Waals surface area (Å²) < 4.78 is 11.9. The summed E-state index contributed by atoms with van der Waals surface area (Å²) in [6.45, 7) is 6.11. The number of carbonyl (C=O) groups excluding carboxylic acids is 2. The molecule has 10 atom stereocenters. The highest BCUT2D eigenvalue weighted by Crippen LogP contribution is 2.73. The highest BCUT2D eigenvalue weighted by Gasteiger charge is 2.78. The Labute approximate surface area is 166 Å². The van der Waals surface area contributed by atoms with Gasteiger partial charge in [-0.3, -0.25) is 9.59 Å². The van der Waals surface area contributed by atoms with Gasteiger partial charge in [0.25, 0.3) is 0 Å². The van der Waals surface area contributed by atoms with Crippen molar-refractivity contribution in [2.75, 3.05) is 0 Å².